The molecule has 0 saturated heterocycles. The molecule has 0 aliphatic heterocycles. The molecule has 94 valence electrons. The molecule has 2 N–H and O–H groups in total. The van der Waals surface area contributed by atoms with Crippen molar-refractivity contribution in [3.63, 3.8) is 0 Å². The summed E-state index contributed by atoms with van der Waals surface area (Å²) in [6.45, 7) is 7.72. The van der Waals surface area contributed by atoms with Crippen molar-refractivity contribution in [3.8, 4) is 0 Å². The number of rotatable bonds is 4. The predicted molar refractivity (Wildman–Crippen MR) is 63.5 cm³/mol. The predicted octanol–water partition coefficient (Wildman–Crippen LogP) is 2.32. The van der Waals surface area contributed by atoms with E-state index >= 15 is 0 Å². The maximum absolute atomic E-state index is 11.2. The van der Waals surface area contributed by atoms with Crippen LogP contribution in [0, 0.1) is 17.8 Å². The monoisotopic (exact) mass is 238 g/mol. The van der Waals surface area contributed by atoms with Crippen molar-refractivity contribution in [1.82, 2.24) is 0 Å². The van der Waals surface area contributed by atoms with Gasteiger partial charge in [-0.1, -0.05) is 33.8 Å². The second-order valence-electron chi connectivity index (χ2n) is 4.95. The molecule has 0 amide bonds. The van der Waals surface area contributed by atoms with Crippen LogP contribution in [0.4, 0.5) is 0 Å². The summed E-state index contributed by atoms with van der Waals surface area (Å²) in [6, 6.07) is 0. The Bertz CT molecular complexity index is 413. The minimum Gasteiger partial charge on any atom is -0.478 e. The van der Waals surface area contributed by atoms with E-state index in [4.69, 9.17) is 5.11 Å². The lowest BCUT2D eigenvalue weighted by atomic mass is 9.83. The zero-order valence-electron chi connectivity index (χ0n) is 10.5. The van der Waals surface area contributed by atoms with Gasteiger partial charge in [-0.3, -0.25) is 0 Å². The van der Waals surface area contributed by atoms with Gasteiger partial charge in [0.05, 0.1) is 11.1 Å². The maximum atomic E-state index is 11.2. The van der Waals surface area contributed by atoms with Crippen LogP contribution in [0.15, 0.2) is 22.8 Å². The van der Waals surface area contributed by atoms with E-state index in [9.17, 15) is 14.7 Å². The Morgan fingerprint density at radius 2 is 1.65 bits per heavy atom. The van der Waals surface area contributed by atoms with Gasteiger partial charge in [0, 0.05) is 5.92 Å². The molecule has 0 aromatic carbocycles. The van der Waals surface area contributed by atoms with E-state index in [-0.39, 0.29) is 28.9 Å². The van der Waals surface area contributed by atoms with Crippen LogP contribution in [-0.2, 0) is 9.59 Å². The quantitative estimate of drug-likeness (QED) is 0.788. The number of carbonyl (C=O) groups is 2. The third kappa shape index (κ3) is 2.40. The topological polar surface area (TPSA) is 74.6 Å². The minimum atomic E-state index is -1.16. The summed E-state index contributed by atoms with van der Waals surface area (Å²) in [5.74, 6) is -2.18. The molecule has 0 aromatic heterocycles. The molecular formula is C13H18O4. The van der Waals surface area contributed by atoms with Crippen LogP contribution in [0.2, 0.25) is 0 Å². The second-order valence-corrected chi connectivity index (χ2v) is 4.95. The number of carboxylic acids is 2. The summed E-state index contributed by atoms with van der Waals surface area (Å²) in [5.41, 5.74) is 0.635. The van der Waals surface area contributed by atoms with Gasteiger partial charge in [-0.05, 0) is 17.4 Å². The van der Waals surface area contributed by atoms with Crippen LogP contribution in [0.1, 0.15) is 27.7 Å². The first-order valence-electron chi connectivity index (χ1n) is 5.70. The Hall–Kier alpha value is -1.58. The summed E-state index contributed by atoms with van der Waals surface area (Å²) in [5, 5.41) is 18.3. The van der Waals surface area contributed by atoms with Crippen molar-refractivity contribution >= 4 is 11.9 Å². The van der Waals surface area contributed by atoms with E-state index in [0.717, 1.165) is 5.57 Å². The molecule has 0 radical (unpaired) electrons. The van der Waals surface area contributed by atoms with Crippen molar-refractivity contribution < 1.29 is 19.8 Å². The maximum Gasteiger partial charge on any atom is 0.336 e. The smallest absolute Gasteiger partial charge is 0.336 e. The van der Waals surface area contributed by atoms with E-state index in [0.29, 0.717) is 0 Å². The lowest BCUT2D eigenvalue weighted by Gasteiger charge is -2.21. The molecule has 0 heterocycles. The molecule has 4 nitrogen and oxygen atoms in total. The Morgan fingerprint density at radius 3 is 1.94 bits per heavy atom. The summed E-state index contributed by atoms with van der Waals surface area (Å²) >= 11 is 0. The van der Waals surface area contributed by atoms with E-state index in [1.807, 2.05) is 27.7 Å². The van der Waals surface area contributed by atoms with Crippen molar-refractivity contribution in [2.45, 2.75) is 27.7 Å². The van der Waals surface area contributed by atoms with Crippen LogP contribution in [0.5, 0.6) is 0 Å². The molecule has 0 spiro atoms. The summed E-state index contributed by atoms with van der Waals surface area (Å²) in [7, 11) is 0. The Balaban J connectivity index is 3.40. The third-order valence-electron chi connectivity index (χ3n) is 3.05. The van der Waals surface area contributed by atoms with Crippen LogP contribution in [0.25, 0.3) is 0 Å². The Morgan fingerprint density at radius 1 is 1.12 bits per heavy atom. The summed E-state index contributed by atoms with van der Waals surface area (Å²) in [4.78, 5) is 22.3. The molecule has 4 heteroatoms. The van der Waals surface area contributed by atoms with E-state index < -0.39 is 11.9 Å². The molecule has 0 bridgehead atoms. The Kier molecular flexibility index (Phi) is 3.76. The molecule has 0 aromatic rings. The highest BCUT2D eigenvalue weighted by atomic mass is 16.4. The molecule has 0 saturated carbocycles. The largest absolute Gasteiger partial charge is 0.478 e. The van der Waals surface area contributed by atoms with Crippen molar-refractivity contribution in [2.75, 3.05) is 0 Å². The summed E-state index contributed by atoms with van der Waals surface area (Å²) < 4.78 is 0. The average Bonchev–Trinajstić information content (AvgIpc) is 2.56. The van der Waals surface area contributed by atoms with Gasteiger partial charge in [0.15, 0.2) is 0 Å². The van der Waals surface area contributed by atoms with Crippen molar-refractivity contribution in [3.05, 3.63) is 22.8 Å². The van der Waals surface area contributed by atoms with E-state index in [1.165, 1.54) is 0 Å². The Labute approximate surface area is 101 Å². The molecular weight excluding hydrogens is 220 g/mol. The first-order chi connectivity index (χ1) is 7.77. The third-order valence-corrected chi connectivity index (χ3v) is 3.05. The highest BCUT2D eigenvalue weighted by Gasteiger charge is 2.36. The van der Waals surface area contributed by atoms with E-state index in [2.05, 4.69) is 0 Å². The van der Waals surface area contributed by atoms with Crippen LogP contribution < -0.4 is 0 Å². The van der Waals surface area contributed by atoms with Gasteiger partial charge in [-0.25, -0.2) is 9.59 Å². The van der Waals surface area contributed by atoms with Gasteiger partial charge in [-0.2, -0.15) is 0 Å². The number of allylic oxidation sites excluding steroid dienone is 2. The van der Waals surface area contributed by atoms with E-state index in [1.54, 1.807) is 6.08 Å². The molecule has 1 aliphatic carbocycles. The highest BCUT2D eigenvalue weighted by molar-refractivity contribution is 6.07. The summed E-state index contributed by atoms with van der Waals surface area (Å²) in [6.07, 6.45) is 1.58. The lowest BCUT2D eigenvalue weighted by molar-refractivity contribution is -0.136. The number of aliphatic carboxylic acids is 2. The van der Waals surface area contributed by atoms with Crippen molar-refractivity contribution in [2.24, 2.45) is 17.8 Å². The average molecular weight is 238 g/mol. The fourth-order valence-corrected chi connectivity index (χ4v) is 2.32. The minimum absolute atomic E-state index is 0.0220. The second kappa shape index (κ2) is 4.73. The standard InChI is InChI=1S/C13H18O4/c1-6(2)8-5-9(12(14)15)11(13(16)17)10(8)7(3)4/h5-8H,1-4H3,(H,14,15)(H,16,17). The highest BCUT2D eigenvalue weighted by Crippen LogP contribution is 2.39. The fraction of sp³-hybridized carbons (Fsp3) is 0.538. The SMILES string of the molecule is CC(C)C1=C(C(=O)O)C(C(=O)O)=CC1C(C)C. The van der Waals surface area contributed by atoms with Gasteiger partial charge in [0.25, 0.3) is 0 Å². The van der Waals surface area contributed by atoms with Gasteiger partial charge in [0.2, 0.25) is 0 Å². The first kappa shape index (κ1) is 13.5. The van der Waals surface area contributed by atoms with Crippen LogP contribution >= 0.6 is 0 Å². The molecule has 1 unspecified atom stereocenters. The van der Waals surface area contributed by atoms with Gasteiger partial charge < -0.3 is 10.2 Å². The number of hydrogen-bond acceptors (Lipinski definition) is 2. The zero-order valence-corrected chi connectivity index (χ0v) is 10.5. The van der Waals surface area contributed by atoms with Crippen LogP contribution in [-0.4, -0.2) is 22.2 Å². The first-order valence-corrected chi connectivity index (χ1v) is 5.70. The van der Waals surface area contributed by atoms with Gasteiger partial charge in [-0.15, -0.1) is 0 Å². The number of carboxylic acid groups (broad SMARTS) is 2. The van der Waals surface area contributed by atoms with Crippen molar-refractivity contribution in [1.29, 1.82) is 0 Å². The lowest BCUT2D eigenvalue weighted by Crippen LogP contribution is -2.15. The van der Waals surface area contributed by atoms with Gasteiger partial charge >= 0.3 is 11.9 Å². The molecule has 17 heavy (non-hydrogen) atoms. The van der Waals surface area contributed by atoms with Gasteiger partial charge in [0.1, 0.15) is 0 Å². The molecule has 1 aliphatic rings. The normalized spacial score (nSPS) is 20.1. The molecule has 1 rings (SSSR count). The zero-order chi connectivity index (χ0) is 13.3. The van der Waals surface area contributed by atoms with Crippen LogP contribution in [0.3, 0.4) is 0 Å². The number of hydrogen-bond donors (Lipinski definition) is 2. The molecule has 0 fully saturated rings. The molecule has 1 atom stereocenters. The fourth-order valence-electron chi connectivity index (χ4n) is 2.32.